The molecule has 15 heavy (non-hydrogen) atoms. The molecular weight excluding hydrogens is 192 g/mol. The van der Waals surface area contributed by atoms with Crippen LogP contribution < -0.4 is 0 Å². The fourth-order valence-electron chi connectivity index (χ4n) is 1.29. The molecule has 4 heteroatoms. The van der Waals surface area contributed by atoms with Gasteiger partial charge in [-0.2, -0.15) is 0 Å². The lowest BCUT2D eigenvalue weighted by molar-refractivity contribution is -0.139. The molecule has 0 spiro atoms. The van der Waals surface area contributed by atoms with E-state index in [0.29, 0.717) is 12.2 Å². The Kier molecular flexibility index (Phi) is 4.78. The fourth-order valence-corrected chi connectivity index (χ4v) is 1.29. The van der Waals surface area contributed by atoms with Crippen LogP contribution in [0.2, 0.25) is 0 Å². The van der Waals surface area contributed by atoms with Crippen LogP contribution in [0.5, 0.6) is 0 Å². The highest BCUT2D eigenvalue weighted by Crippen LogP contribution is 2.14. The number of nitrogens with zero attached hydrogens (tertiary/aromatic N) is 2. The standard InChI is InChI=1S/C11H20N2O2/c1-4-5-6-12-9-13(12)7-8-15-11(14)10(2)3/h2,4-9H2,1,3H3. The number of carbonyl (C=O) groups is 1. The highest BCUT2D eigenvalue weighted by atomic mass is 16.5. The van der Waals surface area contributed by atoms with Gasteiger partial charge in [0.15, 0.2) is 0 Å². The highest BCUT2D eigenvalue weighted by Gasteiger charge is 2.29. The van der Waals surface area contributed by atoms with E-state index in [0.717, 1.165) is 19.8 Å². The smallest absolute Gasteiger partial charge is 0.333 e. The molecule has 1 aliphatic heterocycles. The third kappa shape index (κ3) is 4.44. The van der Waals surface area contributed by atoms with Crippen LogP contribution in [0, 0.1) is 0 Å². The van der Waals surface area contributed by atoms with Crippen molar-refractivity contribution in [1.82, 2.24) is 10.0 Å². The molecule has 1 fully saturated rings. The van der Waals surface area contributed by atoms with Gasteiger partial charge in [0, 0.05) is 18.7 Å². The predicted molar refractivity (Wildman–Crippen MR) is 59.0 cm³/mol. The molecule has 0 bridgehead atoms. The number of ether oxygens (including phenoxy) is 1. The van der Waals surface area contributed by atoms with Crippen LogP contribution in [0.3, 0.4) is 0 Å². The summed E-state index contributed by atoms with van der Waals surface area (Å²) < 4.78 is 5.00. The third-order valence-corrected chi connectivity index (χ3v) is 2.34. The van der Waals surface area contributed by atoms with E-state index < -0.39 is 0 Å². The molecule has 0 N–H and O–H groups in total. The molecule has 0 aromatic heterocycles. The second-order valence-electron chi connectivity index (χ2n) is 3.87. The van der Waals surface area contributed by atoms with Crippen LogP contribution in [0.15, 0.2) is 12.2 Å². The van der Waals surface area contributed by atoms with Gasteiger partial charge < -0.3 is 4.74 Å². The molecular formula is C11H20N2O2. The fraction of sp³-hybridized carbons (Fsp3) is 0.727. The van der Waals surface area contributed by atoms with Gasteiger partial charge in [-0.1, -0.05) is 19.9 Å². The van der Waals surface area contributed by atoms with Gasteiger partial charge in [-0.3, -0.25) is 0 Å². The summed E-state index contributed by atoms with van der Waals surface area (Å²) in [5, 5.41) is 4.44. The van der Waals surface area contributed by atoms with Crippen LogP contribution in [-0.4, -0.2) is 42.4 Å². The lowest BCUT2D eigenvalue weighted by atomic mass is 10.3. The Morgan fingerprint density at radius 2 is 2.07 bits per heavy atom. The zero-order valence-corrected chi connectivity index (χ0v) is 9.66. The topological polar surface area (TPSA) is 32.3 Å². The van der Waals surface area contributed by atoms with Gasteiger partial charge in [0.1, 0.15) is 6.61 Å². The minimum atomic E-state index is -0.294. The van der Waals surface area contributed by atoms with E-state index in [4.69, 9.17) is 4.74 Å². The third-order valence-electron chi connectivity index (χ3n) is 2.34. The van der Waals surface area contributed by atoms with E-state index in [1.54, 1.807) is 6.92 Å². The molecule has 0 aliphatic carbocycles. The summed E-state index contributed by atoms with van der Waals surface area (Å²) in [7, 11) is 0. The normalized spacial score (nSPS) is 23.6. The van der Waals surface area contributed by atoms with Gasteiger partial charge in [0.2, 0.25) is 0 Å². The van der Waals surface area contributed by atoms with Gasteiger partial charge in [0.25, 0.3) is 0 Å². The average molecular weight is 212 g/mol. The first-order chi connectivity index (χ1) is 7.15. The van der Waals surface area contributed by atoms with Gasteiger partial charge >= 0.3 is 5.97 Å². The predicted octanol–water partition coefficient (Wildman–Crippen LogP) is 1.40. The Morgan fingerprint density at radius 3 is 2.67 bits per heavy atom. The molecule has 0 aromatic carbocycles. The Hall–Kier alpha value is -0.870. The minimum Gasteiger partial charge on any atom is -0.461 e. The molecule has 86 valence electrons. The van der Waals surface area contributed by atoms with E-state index in [1.165, 1.54) is 12.8 Å². The molecule has 4 nitrogen and oxygen atoms in total. The summed E-state index contributed by atoms with van der Waals surface area (Å²) in [6, 6.07) is 0. The number of hydrogen-bond acceptors (Lipinski definition) is 4. The Labute approximate surface area is 91.5 Å². The SMILES string of the molecule is C=C(C)C(=O)OCCN1CN1CCCC. The van der Waals surface area contributed by atoms with Crippen LogP contribution >= 0.6 is 0 Å². The molecule has 1 heterocycles. The molecule has 2 unspecified atom stereocenters. The highest BCUT2D eigenvalue weighted by molar-refractivity contribution is 5.86. The van der Waals surface area contributed by atoms with Crippen molar-refractivity contribution >= 4 is 5.97 Å². The van der Waals surface area contributed by atoms with Gasteiger partial charge in [0.05, 0.1) is 6.67 Å². The van der Waals surface area contributed by atoms with Crippen molar-refractivity contribution in [2.24, 2.45) is 0 Å². The van der Waals surface area contributed by atoms with Crippen molar-refractivity contribution in [2.45, 2.75) is 26.7 Å². The molecule has 1 rings (SSSR count). The summed E-state index contributed by atoms with van der Waals surface area (Å²) in [5.74, 6) is -0.294. The zero-order chi connectivity index (χ0) is 11.3. The molecule has 2 atom stereocenters. The maximum Gasteiger partial charge on any atom is 0.333 e. The molecule has 0 radical (unpaired) electrons. The van der Waals surface area contributed by atoms with E-state index in [-0.39, 0.29) is 5.97 Å². The zero-order valence-electron chi connectivity index (χ0n) is 9.66. The molecule has 1 aliphatic rings. The average Bonchev–Trinajstić information content (AvgIpc) is 2.93. The first kappa shape index (κ1) is 12.2. The first-order valence-corrected chi connectivity index (χ1v) is 5.47. The van der Waals surface area contributed by atoms with Crippen LogP contribution in [0.4, 0.5) is 0 Å². The van der Waals surface area contributed by atoms with Crippen molar-refractivity contribution in [3.8, 4) is 0 Å². The Balaban J connectivity index is 1.99. The van der Waals surface area contributed by atoms with Crippen LogP contribution in [-0.2, 0) is 9.53 Å². The lowest BCUT2D eigenvalue weighted by Gasteiger charge is -2.06. The van der Waals surface area contributed by atoms with Crippen LogP contribution in [0.1, 0.15) is 26.7 Å². The van der Waals surface area contributed by atoms with E-state index in [2.05, 4.69) is 23.5 Å². The number of unbranched alkanes of at least 4 members (excludes halogenated alkanes) is 1. The lowest BCUT2D eigenvalue weighted by Crippen LogP contribution is -2.17. The van der Waals surface area contributed by atoms with Gasteiger partial charge in [-0.25, -0.2) is 14.8 Å². The van der Waals surface area contributed by atoms with Crippen molar-refractivity contribution < 1.29 is 9.53 Å². The van der Waals surface area contributed by atoms with E-state index in [9.17, 15) is 4.79 Å². The minimum absolute atomic E-state index is 0.294. The van der Waals surface area contributed by atoms with Crippen molar-refractivity contribution in [1.29, 1.82) is 0 Å². The van der Waals surface area contributed by atoms with Crippen LogP contribution in [0.25, 0.3) is 0 Å². The molecule has 1 saturated heterocycles. The number of hydrogen-bond donors (Lipinski definition) is 0. The van der Waals surface area contributed by atoms with Crippen molar-refractivity contribution in [3.05, 3.63) is 12.2 Å². The maximum atomic E-state index is 11.0. The molecule has 0 amide bonds. The molecule has 0 saturated carbocycles. The largest absolute Gasteiger partial charge is 0.461 e. The van der Waals surface area contributed by atoms with E-state index >= 15 is 0 Å². The van der Waals surface area contributed by atoms with Crippen molar-refractivity contribution in [2.75, 3.05) is 26.4 Å². The first-order valence-electron chi connectivity index (χ1n) is 5.47. The van der Waals surface area contributed by atoms with Gasteiger partial charge in [-0.15, -0.1) is 0 Å². The summed E-state index contributed by atoms with van der Waals surface area (Å²) >= 11 is 0. The number of hydrazine groups is 1. The van der Waals surface area contributed by atoms with E-state index in [1.807, 2.05) is 0 Å². The monoisotopic (exact) mass is 212 g/mol. The summed E-state index contributed by atoms with van der Waals surface area (Å²) in [6.45, 7) is 10.7. The second-order valence-corrected chi connectivity index (χ2v) is 3.87. The molecule has 0 aromatic rings. The number of esters is 1. The summed E-state index contributed by atoms with van der Waals surface area (Å²) in [6.07, 6.45) is 2.44. The van der Waals surface area contributed by atoms with Gasteiger partial charge in [-0.05, 0) is 13.3 Å². The second kappa shape index (κ2) is 5.88. The number of carbonyl (C=O) groups excluding carboxylic acids is 1. The summed E-state index contributed by atoms with van der Waals surface area (Å²) in [4.78, 5) is 11.0. The quantitative estimate of drug-likeness (QED) is 0.363. The Bertz CT molecular complexity index is 241. The maximum absolute atomic E-state index is 11.0. The Morgan fingerprint density at radius 1 is 1.40 bits per heavy atom. The number of rotatable bonds is 7. The summed E-state index contributed by atoms with van der Waals surface area (Å²) in [5.41, 5.74) is 0.462. The van der Waals surface area contributed by atoms with Crippen molar-refractivity contribution in [3.63, 3.8) is 0 Å².